The lowest BCUT2D eigenvalue weighted by atomic mass is 10.2. The van der Waals surface area contributed by atoms with Crippen LogP contribution in [-0.4, -0.2) is 16.8 Å². The van der Waals surface area contributed by atoms with Gasteiger partial charge in [0, 0.05) is 25.3 Å². The molecule has 0 aliphatic rings. The molecule has 0 radical (unpaired) electrons. The van der Waals surface area contributed by atoms with Gasteiger partial charge in [0.05, 0.1) is 23.2 Å². The molecule has 0 N–H and O–H groups in total. The number of hydrogen-bond acceptors (Lipinski definition) is 3. The summed E-state index contributed by atoms with van der Waals surface area (Å²) in [6, 6.07) is 9.55. The molecule has 0 fully saturated rings. The Morgan fingerprint density at radius 1 is 1.37 bits per heavy atom. The maximum atomic E-state index is 8.82. The highest BCUT2D eigenvalue weighted by Crippen LogP contribution is 2.29. The molecule has 0 atom stereocenters. The summed E-state index contributed by atoms with van der Waals surface area (Å²) in [4.78, 5) is 2.03. The molecule has 2 rings (SSSR count). The molecule has 1 heterocycles. The van der Waals surface area contributed by atoms with E-state index in [2.05, 4.69) is 11.2 Å². The van der Waals surface area contributed by atoms with Gasteiger partial charge in [0.25, 0.3) is 0 Å². The summed E-state index contributed by atoms with van der Waals surface area (Å²) in [5, 5.41) is 13.2. The van der Waals surface area contributed by atoms with Crippen LogP contribution in [0.4, 0.5) is 11.5 Å². The smallest absolute Gasteiger partial charge is 0.135 e. The number of aromatic nitrogens is 2. The molecule has 0 unspecified atom stereocenters. The second-order valence-corrected chi connectivity index (χ2v) is 4.63. The molecule has 98 valence electrons. The lowest BCUT2D eigenvalue weighted by Crippen LogP contribution is -2.15. The Labute approximate surface area is 117 Å². The molecule has 0 aliphatic heterocycles. The third kappa shape index (κ3) is 2.42. The number of aryl methyl sites for hydroxylation is 2. The number of rotatable bonds is 3. The quantitative estimate of drug-likeness (QED) is 0.808. The molecule has 1 aromatic carbocycles. The molecule has 19 heavy (non-hydrogen) atoms. The number of hydrogen-bond donors (Lipinski definition) is 0. The van der Waals surface area contributed by atoms with Crippen LogP contribution in [0.25, 0.3) is 0 Å². The second-order valence-electron chi connectivity index (χ2n) is 4.36. The lowest BCUT2D eigenvalue weighted by Gasteiger charge is -2.20. The lowest BCUT2D eigenvalue weighted by molar-refractivity contribution is 0.750. The fraction of sp³-hybridized carbons (Fsp3) is 0.286. The first-order chi connectivity index (χ1) is 9.08. The van der Waals surface area contributed by atoms with Crippen molar-refractivity contribution in [2.75, 3.05) is 11.9 Å². The Morgan fingerprint density at radius 2 is 2.00 bits per heavy atom. The number of alkyl halides is 1. The van der Waals surface area contributed by atoms with Crippen LogP contribution in [0.2, 0.25) is 0 Å². The second kappa shape index (κ2) is 5.33. The highest BCUT2D eigenvalue weighted by molar-refractivity contribution is 6.17. The van der Waals surface area contributed by atoms with Gasteiger partial charge < -0.3 is 4.90 Å². The zero-order valence-corrected chi connectivity index (χ0v) is 11.9. The molecular formula is C14H15ClN4. The molecule has 5 heteroatoms. The van der Waals surface area contributed by atoms with Crippen LogP contribution in [0.1, 0.15) is 16.8 Å². The zero-order valence-electron chi connectivity index (χ0n) is 11.2. The summed E-state index contributed by atoms with van der Waals surface area (Å²) < 4.78 is 1.82. The molecule has 0 aliphatic carbocycles. The minimum Gasteiger partial charge on any atom is -0.329 e. The van der Waals surface area contributed by atoms with E-state index in [4.69, 9.17) is 16.9 Å². The Balaban J connectivity index is 2.43. The van der Waals surface area contributed by atoms with E-state index in [1.54, 1.807) is 12.1 Å². The monoisotopic (exact) mass is 274 g/mol. The Kier molecular flexibility index (Phi) is 3.77. The van der Waals surface area contributed by atoms with Gasteiger partial charge in [0.2, 0.25) is 0 Å². The van der Waals surface area contributed by atoms with Gasteiger partial charge >= 0.3 is 0 Å². The van der Waals surface area contributed by atoms with Crippen molar-refractivity contribution in [1.29, 1.82) is 5.26 Å². The van der Waals surface area contributed by atoms with Crippen molar-refractivity contribution in [2.45, 2.75) is 12.8 Å². The van der Waals surface area contributed by atoms with Gasteiger partial charge in [0.15, 0.2) is 0 Å². The summed E-state index contributed by atoms with van der Waals surface area (Å²) >= 11 is 6.01. The molecule has 0 saturated carbocycles. The molecule has 1 aromatic heterocycles. The number of nitrogens with zero attached hydrogens (tertiary/aromatic N) is 4. The zero-order chi connectivity index (χ0) is 14.0. The van der Waals surface area contributed by atoms with Crippen molar-refractivity contribution in [1.82, 2.24) is 9.78 Å². The fourth-order valence-corrected chi connectivity index (χ4v) is 2.46. The van der Waals surface area contributed by atoms with Crippen LogP contribution in [-0.2, 0) is 12.9 Å². The van der Waals surface area contributed by atoms with Gasteiger partial charge in [0.1, 0.15) is 5.82 Å². The topological polar surface area (TPSA) is 44.9 Å². The Hall–Kier alpha value is -1.99. The summed E-state index contributed by atoms with van der Waals surface area (Å²) in [6.07, 6.45) is 0. The van der Waals surface area contributed by atoms with Crippen molar-refractivity contribution in [3.63, 3.8) is 0 Å². The molecule has 0 saturated heterocycles. The number of halogens is 1. The van der Waals surface area contributed by atoms with Crippen molar-refractivity contribution in [2.24, 2.45) is 7.05 Å². The van der Waals surface area contributed by atoms with E-state index >= 15 is 0 Å². The summed E-state index contributed by atoms with van der Waals surface area (Å²) in [5.41, 5.74) is 3.60. The van der Waals surface area contributed by atoms with Gasteiger partial charge in [-0.25, -0.2) is 0 Å². The van der Waals surface area contributed by atoms with E-state index in [9.17, 15) is 0 Å². The molecule has 0 amide bonds. The number of anilines is 2. The predicted octanol–water partition coefficient (Wildman–Crippen LogP) is 3.11. The van der Waals surface area contributed by atoms with Crippen molar-refractivity contribution in [3.8, 4) is 6.07 Å². The minimum absolute atomic E-state index is 0.426. The molecule has 4 nitrogen and oxygen atoms in total. The maximum absolute atomic E-state index is 8.82. The van der Waals surface area contributed by atoms with Gasteiger partial charge in [-0.2, -0.15) is 10.4 Å². The van der Waals surface area contributed by atoms with Crippen molar-refractivity contribution in [3.05, 3.63) is 41.1 Å². The van der Waals surface area contributed by atoms with E-state index in [-0.39, 0.29) is 0 Å². The highest BCUT2D eigenvalue weighted by Gasteiger charge is 2.17. The van der Waals surface area contributed by atoms with Crippen LogP contribution in [0.5, 0.6) is 0 Å². The maximum Gasteiger partial charge on any atom is 0.135 e. The molecular weight excluding hydrogens is 260 g/mol. The highest BCUT2D eigenvalue weighted by atomic mass is 35.5. The Morgan fingerprint density at radius 3 is 2.53 bits per heavy atom. The fourth-order valence-electron chi connectivity index (χ4n) is 2.15. The predicted molar refractivity (Wildman–Crippen MR) is 76.7 cm³/mol. The number of nitriles is 1. The first-order valence-corrected chi connectivity index (χ1v) is 6.44. The van der Waals surface area contributed by atoms with E-state index in [0.29, 0.717) is 11.4 Å². The van der Waals surface area contributed by atoms with Crippen molar-refractivity contribution < 1.29 is 0 Å². The molecule has 0 spiro atoms. The van der Waals surface area contributed by atoms with Gasteiger partial charge in [-0.3, -0.25) is 4.68 Å². The number of benzene rings is 1. The summed E-state index contributed by atoms with van der Waals surface area (Å²) in [6.45, 7) is 1.95. The third-order valence-electron chi connectivity index (χ3n) is 3.15. The van der Waals surface area contributed by atoms with E-state index in [0.717, 1.165) is 22.8 Å². The van der Waals surface area contributed by atoms with Gasteiger partial charge in [-0.1, -0.05) is 0 Å². The Bertz CT molecular complexity index is 622. The van der Waals surface area contributed by atoms with Gasteiger partial charge in [-0.15, -0.1) is 11.6 Å². The van der Waals surface area contributed by atoms with Crippen LogP contribution < -0.4 is 4.90 Å². The van der Waals surface area contributed by atoms with E-state index in [1.165, 1.54) is 0 Å². The average molecular weight is 275 g/mol. The van der Waals surface area contributed by atoms with E-state index < -0.39 is 0 Å². The summed E-state index contributed by atoms with van der Waals surface area (Å²) in [7, 11) is 3.87. The van der Waals surface area contributed by atoms with Gasteiger partial charge in [-0.05, 0) is 31.2 Å². The van der Waals surface area contributed by atoms with Crippen LogP contribution in [0.3, 0.4) is 0 Å². The third-order valence-corrected chi connectivity index (χ3v) is 3.42. The largest absolute Gasteiger partial charge is 0.329 e. The van der Waals surface area contributed by atoms with Crippen LogP contribution in [0, 0.1) is 18.3 Å². The average Bonchev–Trinajstić information content (AvgIpc) is 2.72. The van der Waals surface area contributed by atoms with E-state index in [1.807, 2.05) is 42.7 Å². The first kappa shape index (κ1) is 13.4. The molecule has 2 aromatic rings. The van der Waals surface area contributed by atoms with Crippen LogP contribution in [0.15, 0.2) is 24.3 Å². The standard InChI is InChI=1S/C14H15ClN4/c1-10-13(8-15)14(19(3)17-10)18(2)12-6-4-11(9-16)5-7-12/h4-7H,8H2,1-3H3. The van der Waals surface area contributed by atoms with Crippen molar-refractivity contribution >= 4 is 23.1 Å². The normalized spacial score (nSPS) is 10.3. The minimum atomic E-state index is 0.426. The summed E-state index contributed by atoms with van der Waals surface area (Å²) in [5.74, 6) is 1.40. The first-order valence-electron chi connectivity index (χ1n) is 5.90. The SMILES string of the molecule is Cc1nn(C)c(N(C)c2ccc(C#N)cc2)c1CCl. The molecule has 0 bridgehead atoms. The van der Waals surface area contributed by atoms with Crippen LogP contribution >= 0.6 is 11.6 Å².